The molecule has 3 fully saturated rings. The van der Waals surface area contributed by atoms with Crippen LogP contribution < -0.4 is 0 Å². The Morgan fingerprint density at radius 2 is 2.00 bits per heavy atom. The van der Waals surface area contributed by atoms with Gasteiger partial charge in [-0.1, -0.05) is 0 Å². The quantitative estimate of drug-likeness (QED) is 0.880. The minimum Gasteiger partial charge on any atom is -0.263 e. The lowest BCUT2D eigenvalue weighted by Crippen LogP contribution is -2.29. The number of H-pyrrole nitrogens is 1. The molecule has 2 aromatic heterocycles. The third kappa shape index (κ3) is 2.77. The summed E-state index contributed by atoms with van der Waals surface area (Å²) in [5.41, 5.74) is 0. The molecule has 0 bridgehead atoms. The molecule has 2 aliphatic carbocycles. The number of hydrogen-bond acceptors (Lipinski definition) is 5. The van der Waals surface area contributed by atoms with Crippen molar-refractivity contribution in [2.45, 2.75) is 42.4 Å². The number of nitrogens with zero attached hydrogens (tertiary/aromatic N) is 4. The van der Waals surface area contributed by atoms with E-state index in [0.29, 0.717) is 30.8 Å². The third-order valence-corrected chi connectivity index (χ3v) is 7.46. The molecule has 0 spiro atoms. The van der Waals surface area contributed by atoms with Crippen molar-refractivity contribution in [2.75, 3.05) is 13.1 Å². The van der Waals surface area contributed by atoms with Crippen LogP contribution in [-0.4, -0.2) is 46.0 Å². The molecular formula is C17H21N5O2S. The maximum Gasteiger partial charge on any atom is 0.244 e. The normalized spacial score (nSPS) is 27.7. The van der Waals surface area contributed by atoms with Crippen LogP contribution in [0.15, 0.2) is 29.4 Å². The van der Waals surface area contributed by atoms with Crippen molar-refractivity contribution in [3.8, 4) is 0 Å². The molecule has 3 aliphatic rings. The largest absolute Gasteiger partial charge is 0.263 e. The fourth-order valence-electron chi connectivity index (χ4n) is 3.91. The van der Waals surface area contributed by atoms with Crippen LogP contribution in [0.2, 0.25) is 0 Å². The second-order valence-corrected chi connectivity index (χ2v) is 9.41. The van der Waals surface area contributed by atoms with Gasteiger partial charge in [0.2, 0.25) is 10.0 Å². The van der Waals surface area contributed by atoms with Gasteiger partial charge in [-0.3, -0.25) is 10.1 Å². The van der Waals surface area contributed by atoms with Crippen LogP contribution in [0.1, 0.15) is 49.2 Å². The number of aromatic nitrogens is 4. The fraction of sp³-hybridized carbons (Fsp3) is 0.588. The maximum absolute atomic E-state index is 13.0. The zero-order valence-electron chi connectivity index (χ0n) is 13.9. The summed E-state index contributed by atoms with van der Waals surface area (Å²) in [6.07, 6.45) is 7.71. The first-order valence-electron chi connectivity index (χ1n) is 8.95. The third-order valence-electron chi connectivity index (χ3n) is 5.65. The molecule has 2 atom stereocenters. The predicted octanol–water partition coefficient (Wildman–Crippen LogP) is 1.89. The molecule has 2 saturated carbocycles. The van der Waals surface area contributed by atoms with E-state index in [-0.39, 0.29) is 10.8 Å². The first kappa shape index (κ1) is 15.5. The number of pyridine rings is 1. The van der Waals surface area contributed by atoms with Gasteiger partial charge in [0.15, 0.2) is 5.82 Å². The average molecular weight is 359 g/mol. The van der Waals surface area contributed by atoms with Gasteiger partial charge in [-0.25, -0.2) is 13.4 Å². The minimum atomic E-state index is -3.51. The second-order valence-electron chi connectivity index (χ2n) is 7.47. The van der Waals surface area contributed by atoms with E-state index in [1.807, 2.05) is 0 Å². The van der Waals surface area contributed by atoms with E-state index in [9.17, 15) is 8.42 Å². The minimum absolute atomic E-state index is 0.110. The first-order valence-corrected chi connectivity index (χ1v) is 10.4. The molecule has 2 aromatic rings. The van der Waals surface area contributed by atoms with Gasteiger partial charge >= 0.3 is 0 Å². The first-order chi connectivity index (χ1) is 12.1. The summed E-state index contributed by atoms with van der Waals surface area (Å²) >= 11 is 0. The van der Waals surface area contributed by atoms with Gasteiger partial charge < -0.3 is 0 Å². The average Bonchev–Trinajstić information content (AvgIpc) is 3.56. The summed E-state index contributed by atoms with van der Waals surface area (Å²) in [4.78, 5) is 8.93. The lowest BCUT2D eigenvalue weighted by Gasteiger charge is -2.16. The summed E-state index contributed by atoms with van der Waals surface area (Å²) in [5, 5.41) is 7.47. The van der Waals surface area contributed by atoms with Crippen LogP contribution in [0.4, 0.5) is 0 Å². The number of aromatic amines is 1. The van der Waals surface area contributed by atoms with Gasteiger partial charge in [0, 0.05) is 37.3 Å². The number of sulfonamides is 1. The lowest BCUT2D eigenvalue weighted by molar-refractivity contribution is 0.423. The molecule has 0 radical (unpaired) electrons. The summed E-state index contributed by atoms with van der Waals surface area (Å²) in [6, 6.07) is 3.28. The van der Waals surface area contributed by atoms with E-state index in [1.165, 1.54) is 19.0 Å². The van der Waals surface area contributed by atoms with E-state index in [0.717, 1.165) is 24.5 Å². The van der Waals surface area contributed by atoms with Crippen molar-refractivity contribution in [2.24, 2.45) is 11.8 Å². The van der Waals surface area contributed by atoms with Gasteiger partial charge in [0.25, 0.3) is 0 Å². The van der Waals surface area contributed by atoms with E-state index in [4.69, 9.17) is 4.98 Å². The van der Waals surface area contributed by atoms with Gasteiger partial charge in [-0.05, 0) is 49.7 Å². The Balaban J connectivity index is 1.44. The summed E-state index contributed by atoms with van der Waals surface area (Å²) in [7, 11) is -3.51. The highest BCUT2D eigenvalue weighted by Gasteiger charge is 2.48. The number of hydrogen-bond donors (Lipinski definition) is 1. The predicted molar refractivity (Wildman–Crippen MR) is 90.3 cm³/mol. The molecule has 132 valence electrons. The molecule has 1 aliphatic heterocycles. The van der Waals surface area contributed by atoms with Gasteiger partial charge in [0.1, 0.15) is 10.7 Å². The van der Waals surface area contributed by atoms with E-state index in [2.05, 4.69) is 15.2 Å². The molecule has 0 amide bonds. The molecule has 3 heterocycles. The Kier molecular flexibility index (Phi) is 3.46. The Bertz CT molecular complexity index is 873. The molecule has 0 aromatic carbocycles. The molecule has 1 saturated heterocycles. The van der Waals surface area contributed by atoms with Crippen molar-refractivity contribution in [3.05, 3.63) is 36.2 Å². The van der Waals surface area contributed by atoms with Crippen LogP contribution in [0.3, 0.4) is 0 Å². The highest BCUT2D eigenvalue weighted by atomic mass is 32.2. The van der Waals surface area contributed by atoms with Gasteiger partial charge in [-0.2, -0.15) is 9.40 Å². The van der Waals surface area contributed by atoms with Crippen LogP contribution in [0.5, 0.6) is 0 Å². The van der Waals surface area contributed by atoms with E-state index >= 15 is 0 Å². The van der Waals surface area contributed by atoms with Crippen LogP contribution in [0, 0.1) is 11.8 Å². The van der Waals surface area contributed by atoms with Gasteiger partial charge in [0.05, 0.1) is 0 Å². The smallest absolute Gasteiger partial charge is 0.244 e. The Hall–Kier alpha value is -1.80. The second kappa shape index (κ2) is 5.60. The molecule has 8 heteroatoms. The highest BCUT2D eigenvalue weighted by Crippen LogP contribution is 2.48. The van der Waals surface area contributed by atoms with Crippen molar-refractivity contribution in [1.29, 1.82) is 0 Å². The SMILES string of the molecule is O=S(=O)(c1cccnc1)N1C[C@H](c2nc(C3CC3)n[nH]2)[C@@H](C2CC2)C1. The topological polar surface area (TPSA) is 91.8 Å². The van der Waals surface area contributed by atoms with Crippen molar-refractivity contribution >= 4 is 10.0 Å². The molecular weight excluding hydrogens is 338 g/mol. The molecule has 25 heavy (non-hydrogen) atoms. The number of rotatable bonds is 5. The maximum atomic E-state index is 13.0. The summed E-state index contributed by atoms with van der Waals surface area (Å²) in [6.45, 7) is 1.03. The Labute approximate surface area is 146 Å². The monoisotopic (exact) mass is 359 g/mol. The molecule has 7 nitrogen and oxygen atoms in total. The zero-order chi connectivity index (χ0) is 17.0. The molecule has 5 rings (SSSR count). The van der Waals surface area contributed by atoms with Crippen molar-refractivity contribution in [3.63, 3.8) is 0 Å². The highest BCUT2D eigenvalue weighted by molar-refractivity contribution is 7.89. The summed E-state index contributed by atoms with van der Waals surface area (Å²) in [5.74, 6) is 3.31. The Morgan fingerprint density at radius 1 is 1.16 bits per heavy atom. The zero-order valence-corrected chi connectivity index (χ0v) is 14.7. The Morgan fingerprint density at radius 3 is 2.68 bits per heavy atom. The summed E-state index contributed by atoms with van der Waals surface area (Å²) < 4.78 is 27.5. The van der Waals surface area contributed by atoms with E-state index in [1.54, 1.807) is 22.6 Å². The molecule has 0 unspecified atom stereocenters. The van der Waals surface area contributed by atoms with Crippen molar-refractivity contribution in [1.82, 2.24) is 24.5 Å². The van der Waals surface area contributed by atoms with E-state index < -0.39 is 10.0 Å². The van der Waals surface area contributed by atoms with Crippen LogP contribution >= 0.6 is 0 Å². The fourth-order valence-corrected chi connectivity index (χ4v) is 5.37. The van der Waals surface area contributed by atoms with Gasteiger partial charge in [-0.15, -0.1) is 0 Å². The van der Waals surface area contributed by atoms with Crippen molar-refractivity contribution < 1.29 is 8.42 Å². The van der Waals surface area contributed by atoms with Crippen LogP contribution in [0.25, 0.3) is 0 Å². The lowest BCUT2D eigenvalue weighted by atomic mass is 9.91. The molecule has 1 N–H and O–H groups in total. The number of nitrogens with one attached hydrogen (secondary N) is 1. The standard InChI is InChI=1S/C17H21N5O2S/c23-25(24,13-2-1-7-18-8-13)22-9-14(11-3-4-11)15(10-22)17-19-16(20-21-17)12-5-6-12/h1-2,7-8,11-12,14-15H,3-6,9-10H2,(H,19,20,21)/t14-,15+/m1/s1. The van der Waals surface area contributed by atoms with Crippen LogP contribution in [-0.2, 0) is 10.0 Å².